The Hall–Kier alpha value is -2.72. The van der Waals surface area contributed by atoms with Crippen molar-refractivity contribution in [2.45, 2.75) is 25.8 Å². The molecule has 0 bridgehead atoms. The Morgan fingerprint density at radius 3 is 2.83 bits per heavy atom. The number of benzene rings is 1. The van der Waals surface area contributed by atoms with E-state index in [1.54, 1.807) is 6.07 Å². The second-order valence-electron chi connectivity index (χ2n) is 8.31. The van der Waals surface area contributed by atoms with Crippen LogP contribution >= 0.6 is 11.5 Å². The minimum Gasteiger partial charge on any atom is -0.399 e. The number of H-pyrrole nitrogens is 1. The van der Waals surface area contributed by atoms with Crippen molar-refractivity contribution in [1.29, 1.82) is 0 Å². The van der Waals surface area contributed by atoms with Gasteiger partial charge in [-0.05, 0) is 36.5 Å². The van der Waals surface area contributed by atoms with Crippen molar-refractivity contribution >= 4 is 44.1 Å². The van der Waals surface area contributed by atoms with Gasteiger partial charge in [-0.3, -0.25) is 14.0 Å². The zero-order valence-corrected chi connectivity index (χ0v) is 17.5. The molecule has 5 rings (SSSR count). The molecule has 1 aliphatic carbocycles. The van der Waals surface area contributed by atoms with Crippen LogP contribution < -0.4 is 21.6 Å². The normalized spacial score (nSPS) is 23.2. The van der Waals surface area contributed by atoms with E-state index in [9.17, 15) is 9.59 Å². The molecule has 2 aromatic heterocycles. The molecular formula is C20H22FN5O3S. The summed E-state index contributed by atoms with van der Waals surface area (Å²) in [6.45, 7) is 3.20. The van der Waals surface area contributed by atoms with Crippen molar-refractivity contribution in [2.24, 2.45) is 16.3 Å². The molecule has 2 aliphatic rings. The van der Waals surface area contributed by atoms with Gasteiger partial charge in [0.05, 0.1) is 23.5 Å². The lowest BCUT2D eigenvalue weighted by Crippen LogP contribution is -2.35. The fourth-order valence-electron chi connectivity index (χ4n) is 4.32. The summed E-state index contributed by atoms with van der Waals surface area (Å²) in [5, 5.41) is 4.45. The minimum absolute atomic E-state index is 0.109. The Morgan fingerprint density at radius 1 is 1.40 bits per heavy atom. The van der Waals surface area contributed by atoms with Crippen LogP contribution in [-0.2, 0) is 4.84 Å². The van der Waals surface area contributed by atoms with Crippen LogP contribution in [0, 0.1) is 11.2 Å². The maximum atomic E-state index is 15.2. The topological polar surface area (TPSA) is 106 Å². The molecule has 1 saturated heterocycles. The number of nitrogens with zero attached hydrogens (tertiary/aromatic N) is 3. The average Bonchev–Trinajstić information content (AvgIpc) is 3.41. The number of nitrogens with one attached hydrogen (secondary N) is 1. The first-order valence-electron chi connectivity index (χ1n) is 9.82. The average molecular weight is 431 g/mol. The summed E-state index contributed by atoms with van der Waals surface area (Å²) < 4.78 is 19.9. The first-order chi connectivity index (χ1) is 14.4. The fourth-order valence-corrected chi connectivity index (χ4v) is 5.24. The van der Waals surface area contributed by atoms with E-state index >= 15 is 4.39 Å². The largest absolute Gasteiger partial charge is 0.399 e. The molecule has 3 aromatic rings. The molecule has 3 N–H and O–H groups in total. The smallest absolute Gasteiger partial charge is 0.271 e. The molecule has 1 saturated carbocycles. The van der Waals surface area contributed by atoms with Crippen LogP contribution in [-0.4, -0.2) is 41.4 Å². The summed E-state index contributed by atoms with van der Waals surface area (Å²) in [5.74, 6) is -0.508. The predicted molar refractivity (Wildman–Crippen MR) is 116 cm³/mol. The third-order valence-electron chi connectivity index (χ3n) is 6.18. The van der Waals surface area contributed by atoms with Gasteiger partial charge in [0.15, 0.2) is 0 Å². The molecule has 0 radical (unpaired) electrons. The van der Waals surface area contributed by atoms with Gasteiger partial charge in [0.1, 0.15) is 23.1 Å². The number of hydrogen-bond acceptors (Lipinski definition) is 7. The van der Waals surface area contributed by atoms with Crippen molar-refractivity contribution in [2.75, 3.05) is 31.6 Å². The van der Waals surface area contributed by atoms with Crippen LogP contribution in [0.15, 0.2) is 26.9 Å². The number of aromatic amines is 1. The quantitative estimate of drug-likeness (QED) is 0.616. The lowest BCUT2D eigenvalue weighted by atomic mass is 9.88. The van der Waals surface area contributed by atoms with Crippen LogP contribution in [0.25, 0.3) is 21.1 Å². The van der Waals surface area contributed by atoms with Crippen LogP contribution in [0.4, 0.5) is 10.1 Å². The van der Waals surface area contributed by atoms with Crippen molar-refractivity contribution in [1.82, 2.24) is 8.94 Å². The van der Waals surface area contributed by atoms with Crippen molar-refractivity contribution < 1.29 is 9.23 Å². The van der Waals surface area contributed by atoms with Crippen molar-refractivity contribution in [3.05, 3.63) is 38.5 Å². The lowest BCUT2D eigenvalue weighted by molar-refractivity contribution is 0.209. The molecule has 0 spiro atoms. The second kappa shape index (κ2) is 6.64. The highest BCUT2D eigenvalue weighted by Crippen LogP contribution is 2.41. The Balaban J connectivity index is 1.74. The number of fused-ring (bicyclic) bond motifs is 2. The lowest BCUT2D eigenvalue weighted by Gasteiger charge is -2.24. The molecule has 158 valence electrons. The zero-order chi connectivity index (χ0) is 21.2. The predicted octanol–water partition coefficient (Wildman–Crippen LogP) is 2.17. The molecule has 2 fully saturated rings. The Kier molecular flexibility index (Phi) is 4.26. The summed E-state index contributed by atoms with van der Waals surface area (Å²) in [7, 11) is 1.48. The molecule has 1 unspecified atom stereocenters. The summed E-state index contributed by atoms with van der Waals surface area (Å²) in [6, 6.07) is 3.19. The number of nitrogens with two attached hydrogens (primary N) is 1. The van der Waals surface area contributed by atoms with Crippen LogP contribution in [0.2, 0.25) is 0 Å². The molecule has 1 atom stereocenters. The van der Waals surface area contributed by atoms with Crippen molar-refractivity contribution in [3.63, 3.8) is 0 Å². The van der Waals surface area contributed by atoms with E-state index < -0.39 is 22.2 Å². The number of pyridine rings is 1. The summed E-state index contributed by atoms with van der Waals surface area (Å²) >= 11 is 1.16. The van der Waals surface area contributed by atoms with Gasteiger partial charge in [-0.2, -0.15) is 0 Å². The van der Waals surface area contributed by atoms with E-state index in [1.165, 1.54) is 13.2 Å². The van der Waals surface area contributed by atoms with Gasteiger partial charge in [0, 0.05) is 29.9 Å². The second-order valence-corrected chi connectivity index (χ2v) is 9.10. The highest BCUT2D eigenvalue weighted by molar-refractivity contribution is 7.12. The highest BCUT2D eigenvalue weighted by atomic mass is 32.1. The van der Waals surface area contributed by atoms with E-state index in [0.717, 1.165) is 30.1 Å². The molecule has 30 heavy (non-hydrogen) atoms. The summed E-state index contributed by atoms with van der Waals surface area (Å²) in [4.78, 5) is 32.6. The summed E-state index contributed by atoms with van der Waals surface area (Å²) in [5.41, 5.74) is 6.49. The molecular weight excluding hydrogens is 409 g/mol. The maximum Gasteiger partial charge on any atom is 0.271 e. The van der Waals surface area contributed by atoms with E-state index in [1.807, 2.05) is 16.4 Å². The van der Waals surface area contributed by atoms with E-state index in [-0.39, 0.29) is 16.8 Å². The number of hydrogen-bond donors (Lipinski definition) is 2. The van der Waals surface area contributed by atoms with Crippen LogP contribution in [0.1, 0.15) is 25.8 Å². The Bertz CT molecular complexity index is 1320. The first-order valence-corrected chi connectivity index (χ1v) is 10.6. The zero-order valence-electron chi connectivity index (χ0n) is 16.7. The minimum atomic E-state index is -0.508. The van der Waals surface area contributed by atoms with Crippen LogP contribution in [0.5, 0.6) is 0 Å². The summed E-state index contributed by atoms with van der Waals surface area (Å²) in [6.07, 6.45) is 1.93. The standard InChI is InChI=1S/C20H22FN5O3S/c1-20(8-22)9-25(7-15(20)23-29-2)14-6-13-11(5-12(14)21)17(27)16-18(28)24-30-19(16)26(13)10-3-4-10/h5-6,10H,3-4,7-9,22H2,1-2H3,(H,24,28)/b23-15-. The molecule has 3 heterocycles. The maximum absolute atomic E-state index is 15.2. The van der Waals surface area contributed by atoms with E-state index in [2.05, 4.69) is 9.53 Å². The number of anilines is 1. The molecule has 0 amide bonds. The Morgan fingerprint density at radius 2 is 2.17 bits per heavy atom. The SMILES string of the molecule is CO/N=C1/CN(c2cc3c(cc2F)c(=O)c2c(=O)[nH]sc2n3C2CC2)CC1(C)CN. The van der Waals surface area contributed by atoms with Crippen molar-refractivity contribution in [3.8, 4) is 0 Å². The first kappa shape index (κ1) is 19.3. The van der Waals surface area contributed by atoms with E-state index in [0.29, 0.717) is 35.7 Å². The van der Waals surface area contributed by atoms with Gasteiger partial charge in [-0.1, -0.05) is 12.1 Å². The molecule has 1 aromatic carbocycles. The van der Waals surface area contributed by atoms with Gasteiger partial charge in [-0.25, -0.2) is 4.39 Å². The van der Waals surface area contributed by atoms with Gasteiger partial charge in [0.2, 0.25) is 5.43 Å². The molecule has 1 aliphatic heterocycles. The van der Waals surface area contributed by atoms with Gasteiger partial charge < -0.3 is 20.0 Å². The molecule has 10 heteroatoms. The highest BCUT2D eigenvalue weighted by Gasteiger charge is 2.41. The Labute approximate surface area is 174 Å². The van der Waals surface area contributed by atoms with Gasteiger partial charge in [-0.15, -0.1) is 0 Å². The number of halogens is 1. The third kappa shape index (κ3) is 2.70. The number of rotatable bonds is 4. The number of aromatic nitrogens is 2. The third-order valence-corrected chi connectivity index (χ3v) is 7.06. The van der Waals surface area contributed by atoms with Gasteiger partial charge in [0.25, 0.3) is 5.56 Å². The fraction of sp³-hybridized carbons (Fsp3) is 0.450. The monoisotopic (exact) mass is 431 g/mol. The van der Waals surface area contributed by atoms with Gasteiger partial charge >= 0.3 is 0 Å². The molecule has 8 nitrogen and oxygen atoms in total. The van der Waals surface area contributed by atoms with E-state index in [4.69, 9.17) is 10.6 Å². The number of oxime groups is 1. The van der Waals surface area contributed by atoms with Crippen LogP contribution in [0.3, 0.4) is 0 Å².